The van der Waals surface area contributed by atoms with Gasteiger partial charge in [0.15, 0.2) is 0 Å². The molecule has 2 aliphatic heterocycles. The van der Waals surface area contributed by atoms with E-state index in [9.17, 15) is 19.5 Å². The van der Waals surface area contributed by atoms with Crippen molar-refractivity contribution in [2.45, 2.75) is 51.2 Å². The predicted molar refractivity (Wildman–Crippen MR) is 120 cm³/mol. The van der Waals surface area contributed by atoms with Crippen LogP contribution in [-0.4, -0.2) is 84.7 Å². The van der Waals surface area contributed by atoms with Gasteiger partial charge in [0.1, 0.15) is 18.7 Å². The van der Waals surface area contributed by atoms with E-state index in [1.807, 2.05) is 30.3 Å². The average molecular weight is 480 g/mol. The third kappa shape index (κ3) is 8.62. The number of hydrogen-bond acceptors (Lipinski definition) is 9. The van der Waals surface area contributed by atoms with Crippen molar-refractivity contribution in [3.05, 3.63) is 35.9 Å². The molecule has 4 atom stereocenters. The number of hydrogen-bond donors (Lipinski definition) is 3. The molecule has 3 N–H and O–H groups in total. The lowest BCUT2D eigenvalue weighted by atomic mass is 10.2. The van der Waals surface area contributed by atoms with Crippen LogP contribution in [0.3, 0.4) is 0 Å². The van der Waals surface area contributed by atoms with Gasteiger partial charge < -0.3 is 29.7 Å². The Kier molecular flexibility index (Phi) is 13.5. The van der Waals surface area contributed by atoms with Crippen LogP contribution in [0.15, 0.2) is 30.3 Å². The van der Waals surface area contributed by atoms with Crippen molar-refractivity contribution in [1.82, 2.24) is 10.2 Å². The summed E-state index contributed by atoms with van der Waals surface area (Å²) in [6.45, 7) is 0.688. The number of nitrogens with one attached hydrogen (secondary N) is 1. The maximum absolute atomic E-state index is 12.0. The Hall–Kier alpha value is -2.40. The maximum Gasteiger partial charge on any atom is 0.410 e. The highest BCUT2D eigenvalue weighted by Gasteiger charge is 2.40. The van der Waals surface area contributed by atoms with Crippen LogP contribution in [0.2, 0.25) is 0 Å². The smallest absolute Gasteiger partial charge is 0.410 e. The summed E-state index contributed by atoms with van der Waals surface area (Å²) in [6.07, 6.45) is -1.12. The number of aliphatic hydroxyl groups excluding tert-OH is 2. The van der Waals surface area contributed by atoms with Crippen LogP contribution in [0.1, 0.15) is 27.3 Å². The molecule has 0 radical (unpaired) electrons. The van der Waals surface area contributed by atoms with E-state index < -0.39 is 30.3 Å². The van der Waals surface area contributed by atoms with Crippen molar-refractivity contribution in [2.24, 2.45) is 0 Å². The molecule has 0 saturated carbocycles. The SMILES string of the molecule is C.COC(=O)[C@H]1C[C@@H](O)CN1.COC(=O)[C@H]1C[C@@H](O)CN1C(=O)OCc1ccccc1.Cl.[2HH]. The van der Waals surface area contributed by atoms with Crippen LogP contribution in [0, 0.1) is 0 Å². The molecular weight excluding hydrogens is 444 g/mol. The molecule has 0 spiro atoms. The third-order valence-electron chi connectivity index (χ3n) is 4.79. The summed E-state index contributed by atoms with van der Waals surface area (Å²) in [7, 11) is 2.59. The molecule has 32 heavy (non-hydrogen) atoms. The Balaban J connectivity index is 0. The molecule has 2 fully saturated rings. The van der Waals surface area contributed by atoms with Gasteiger partial charge in [0.05, 0.1) is 33.0 Å². The van der Waals surface area contributed by atoms with Gasteiger partial charge in [-0.15, -0.1) is 12.4 Å². The van der Waals surface area contributed by atoms with Crippen molar-refractivity contribution >= 4 is 30.4 Å². The first-order valence-corrected chi connectivity index (χ1v) is 9.58. The van der Waals surface area contributed by atoms with Gasteiger partial charge in [0.2, 0.25) is 0 Å². The molecule has 3 rings (SSSR count). The second-order valence-corrected chi connectivity index (χ2v) is 6.99. The van der Waals surface area contributed by atoms with Crippen molar-refractivity contribution in [3.8, 4) is 0 Å². The number of nitrogens with zero attached hydrogens (tertiary/aromatic N) is 1. The number of rotatable bonds is 4. The molecule has 1 aromatic carbocycles. The van der Waals surface area contributed by atoms with E-state index in [0.717, 1.165) is 5.56 Å². The molecule has 1 amide bonds. The lowest BCUT2D eigenvalue weighted by Gasteiger charge is -2.21. The average Bonchev–Trinajstić information content (AvgIpc) is 3.37. The first-order chi connectivity index (χ1) is 14.3. The zero-order valence-corrected chi connectivity index (χ0v) is 18.2. The highest BCUT2D eigenvalue weighted by molar-refractivity contribution is 5.85. The first-order valence-electron chi connectivity index (χ1n) is 9.58. The van der Waals surface area contributed by atoms with Crippen LogP contribution in [0.5, 0.6) is 0 Å². The number of aliphatic hydroxyl groups is 2. The van der Waals surface area contributed by atoms with Crippen LogP contribution in [-0.2, 0) is 30.4 Å². The maximum atomic E-state index is 12.0. The number of β-amino-alcohol motifs (C(OH)–C–C–N with tert-alkyl or cyclic N) is 2. The second kappa shape index (κ2) is 14.6. The van der Waals surface area contributed by atoms with Crippen LogP contribution in [0.4, 0.5) is 4.79 Å². The van der Waals surface area contributed by atoms with Crippen LogP contribution in [0.25, 0.3) is 0 Å². The fraction of sp³-hybridized carbons (Fsp3) is 0.571. The Morgan fingerprint density at radius 2 is 1.69 bits per heavy atom. The van der Waals surface area contributed by atoms with Gasteiger partial charge in [-0.3, -0.25) is 9.69 Å². The monoisotopic (exact) mass is 479 g/mol. The number of methoxy groups -OCH3 is 2. The number of carbonyl (C=O) groups excluding carboxylic acids is 3. The van der Waals surface area contributed by atoms with E-state index in [0.29, 0.717) is 13.0 Å². The van der Waals surface area contributed by atoms with Gasteiger partial charge in [0.25, 0.3) is 0 Å². The fourth-order valence-electron chi connectivity index (χ4n) is 3.22. The number of esters is 2. The minimum absolute atomic E-state index is 0. The number of likely N-dealkylation sites (tertiary alicyclic amines) is 1. The summed E-state index contributed by atoms with van der Waals surface area (Å²) < 4.78 is 14.2. The Morgan fingerprint density at radius 3 is 2.22 bits per heavy atom. The molecule has 184 valence electrons. The van der Waals surface area contributed by atoms with E-state index >= 15 is 0 Å². The summed E-state index contributed by atoms with van der Waals surface area (Å²) in [6, 6.07) is 8.15. The lowest BCUT2D eigenvalue weighted by Crippen LogP contribution is -2.41. The summed E-state index contributed by atoms with van der Waals surface area (Å²) in [4.78, 5) is 35.5. The molecule has 0 unspecified atom stereocenters. The van der Waals surface area contributed by atoms with Gasteiger partial charge >= 0.3 is 18.0 Å². The standard InChI is InChI=1S/C14H17NO5.C6H11NO3.CH4.ClH.H2/c1-19-13(17)12-7-11(16)8-15(12)14(18)20-9-10-5-3-2-4-6-10;1-10-6(9)5-2-4(8)3-7-5;;;/h2-6,11-12,16H,7-9H2,1H3;4-5,7-8H,2-3H2,1H3;1H4;2*1H/t11-,12-;4-,5-;;;/m11.../s1/i;;;;1+1. The minimum atomic E-state index is -0.779. The number of benzene rings is 1. The lowest BCUT2D eigenvalue weighted by molar-refractivity contribution is -0.145. The van der Waals surface area contributed by atoms with Crippen molar-refractivity contribution in [3.63, 3.8) is 0 Å². The first kappa shape index (κ1) is 29.6. The minimum Gasteiger partial charge on any atom is -0.468 e. The molecule has 2 saturated heterocycles. The molecule has 0 aliphatic carbocycles. The van der Waals surface area contributed by atoms with E-state index in [-0.39, 0.29) is 52.8 Å². The van der Waals surface area contributed by atoms with Gasteiger partial charge in [-0.25, -0.2) is 9.59 Å². The van der Waals surface area contributed by atoms with Crippen LogP contribution >= 0.6 is 12.4 Å². The predicted octanol–water partition coefficient (Wildman–Crippen LogP) is 1.12. The van der Waals surface area contributed by atoms with Gasteiger partial charge in [-0.2, -0.15) is 0 Å². The van der Waals surface area contributed by atoms with E-state index in [4.69, 9.17) is 9.84 Å². The molecule has 0 aromatic heterocycles. The zero-order chi connectivity index (χ0) is 22.1. The van der Waals surface area contributed by atoms with Gasteiger partial charge in [-0.1, -0.05) is 37.8 Å². The topological polar surface area (TPSA) is 135 Å². The summed E-state index contributed by atoms with van der Waals surface area (Å²) in [5, 5.41) is 21.4. The number of ether oxygens (including phenoxy) is 3. The van der Waals surface area contributed by atoms with Crippen molar-refractivity contribution in [2.75, 3.05) is 27.3 Å². The fourth-order valence-corrected chi connectivity index (χ4v) is 3.22. The third-order valence-corrected chi connectivity index (χ3v) is 4.79. The Morgan fingerprint density at radius 1 is 1.06 bits per heavy atom. The number of amides is 1. The number of carbonyl (C=O) groups is 3. The van der Waals surface area contributed by atoms with Gasteiger partial charge in [0, 0.05) is 20.8 Å². The Bertz CT molecular complexity index is 727. The van der Waals surface area contributed by atoms with E-state index in [1.165, 1.54) is 19.1 Å². The summed E-state index contributed by atoms with van der Waals surface area (Å²) >= 11 is 0. The van der Waals surface area contributed by atoms with Crippen LogP contribution < -0.4 is 5.32 Å². The molecule has 2 heterocycles. The Labute approximate surface area is 195 Å². The van der Waals surface area contributed by atoms with E-state index in [1.54, 1.807) is 0 Å². The quantitative estimate of drug-likeness (QED) is 0.428. The second-order valence-electron chi connectivity index (χ2n) is 6.99. The molecule has 10 nitrogen and oxygen atoms in total. The highest BCUT2D eigenvalue weighted by Crippen LogP contribution is 2.20. The molecule has 11 heteroatoms. The largest absolute Gasteiger partial charge is 0.468 e. The summed E-state index contributed by atoms with van der Waals surface area (Å²) in [5.41, 5.74) is 0.857. The molecule has 0 bridgehead atoms. The molecule has 1 aromatic rings. The zero-order valence-electron chi connectivity index (χ0n) is 17.4. The highest BCUT2D eigenvalue weighted by atomic mass is 35.5. The van der Waals surface area contributed by atoms with E-state index in [2.05, 4.69) is 14.8 Å². The van der Waals surface area contributed by atoms with Crippen molar-refractivity contribution < 1.29 is 40.2 Å². The molecular formula is C21H35ClN2O8. The normalized spacial score (nSPS) is 23.6. The van der Waals surface area contributed by atoms with Crippen molar-refractivity contribution in [1.29, 1.82) is 0 Å². The summed E-state index contributed by atoms with van der Waals surface area (Å²) in [5.74, 6) is -0.838. The number of halogens is 1. The molecule has 2 aliphatic rings. The van der Waals surface area contributed by atoms with Gasteiger partial charge in [-0.05, 0) is 5.56 Å².